The van der Waals surface area contributed by atoms with Crippen LogP contribution in [0.2, 0.25) is 0 Å². The summed E-state index contributed by atoms with van der Waals surface area (Å²) < 4.78 is 0. The minimum absolute atomic E-state index is 0.283. The first-order chi connectivity index (χ1) is 10.2. The highest BCUT2D eigenvalue weighted by atomic mass is 16.6. The third-order valence-electron chi connectivity index (χ3n) is 3.87. The normalized spacial score (nSPS) is 24.6. The topological polar surface area (TPSA) is 79.2 Å². The van der Waals surface area contributed by atoms with E-state index in [9.17, 15) is 9.59 Å². The Kier molecular flexibility index (Phi) is 3.60. The molecule has 1 aromatic rings. The average Bonchev–Trinajstić information content (AvgIpc) is 3.17. The van der Waals surface area contributed by atoms with Gasteiger partial charge in [0.2, 0.25) is 6.10 Å². The predicted octanol–water partition coefficient (Wildman–Crippen LogP) is 1.26. The van der Waals surface area contributed by atoms with Crippen molar-refractivity contribution < 1.29 is 19.5 Å². The second-order valence-electron chi connectivity index (χ2n) is 5.23. The van der Waals surface area contributed by atoms with Gasteiger partial charge in [-0.1, -0.05) is 35.5 Å². The van der Waals surface area contributed by atoms with Crippen LogP contribution in [0, 0.1) is 0 Å². The van der Waals surface area contributed by atoms with Crippen LogP contribution in [0.25, 0.3) is 0 Å². The molecule has 2 aliphatic rings. The average molecular weight is 288 g/mol. The maximum absolute atomic E-state index is 12.4. The first-order valence-electron chi connectivity index (χ1n) is 6.98. The summed E-state index contributed by atoms with van der Waals surface area (Å²) in [6.45, 7) is 0.469. The summed E-state index contributed by atoms with van der Waals surface area (Å²) in [4.78, 5) is 30.2. The van der Waals surface area contributed by atoms with Gasteiger partial charge in [0, 0.05) is 13.0 Å². The molecular formula is C15H16N2O4. The first kappa shape index (κ1) is 13.6. The molecule has 1 amide bonds. The summed E-state index contributed by atoms with van der Waals surface area (Å²) in [6.07, 6.45) is 0.883. The van der Waals surface area contributed by atoms with E-state index in [2.05, 4.69) is 5.16 Å². The highest BCUT2D eigenvalue weighted by Gasteiger charge is 2.40. The minimum atomic E-state index is -0.956. The van der Waals surface area contributed by atoms with E-state index in [1.54, 1.807) is 0 Å². The molecule has 0 saturated carbocycles. The van der Waals surface area contributed by atoms with E-state index in [1.807, 2.05) is 30.3 Å². The smallest absolute Gasteiger partial charge is 0.326 e. The first-order valence-corrected chi connectivity index (χ1v) is 6.98. The summed E-state index contributed by atoms with van der Waals surface area (Å²) in [7, 11) is 0. The van der Waals surface area contributed by atoms with Gasteiger partial charge in [0.15, 0.2) is 0 Å². The number of aliphatic carboxylic acids is 1. The number of carboxylic acids is 1. The quantitative estimate of drug-likeness (QED) is 0.908. The second-order valence-corrected chi connectivity index (χ2v) is 5.23. The van der Waals surface area contributed by atoms with Crippen molar-refractivity contribution >= 4 is 17.6 Å². The van der Waals surface area contributed by atoms with Crippen molar-refractivity contribution in [3.63, 3.8) is 0 Å². The number of amides is 1. The van der Waals surface area contributed by atoms with Crippen molar-refractivity contribution in [2.75, 3.05) is 6.54 Å². The molecule has 2 aliphatic heterocycles. The Hall–Kier alpha value is -2.37. The van der Waals surface area contributed by atoms with Crippen LogP contribution in [-0.2, 0) is 14.4 Å². The van der Waals surface area contributed by atoms with E-state index in [1.165, 1.54) is 4.90 Å². The number of carbonyl (C=O) groups is 2. The third-order valence-corrected chi connectivity index (χ3v) is 3.87. The fourth-order valence-corrected chi connectivity index (χ4v) is 2.78. The Bertz CT molecular complexity index is 585. The minimum Gasteiger partial charge on any atom is -0.480 e. The lowest BCUT2D eigenvalue weighted by Gasteiger charge is -2.23. The van der Waals surface area contributed by atoms with Gasteiger partial charge in [0.1, 0.15) is 6.04 Å². The standard InChI is InChI=1S/C15H16N2O4/c18-14(17-8-4-7-12(17)15(19)20)13-9-11(16-21-13)10-5-2-1-3-6-10/h1-3,5-6,12-13H,4,7-9H2,(H,19,20)/t12-,13?/m1/s1. The Labute approximate surface area is 122 Å². The maximum atomic E-state index is 12.4. The largest absolute Gasteiger partial charge is 0.480 e. The van der Waals surface area contributed by atoms with Gasteiger partial charge in [0.25, 0.3) is 5.91 Å². The number of hydrogen-bond acceptors (Lipinski definition) is 4. The molecule has 1 unspecified atom stereocenters. The number of carboxylic acid groups (broad SMARTS) is 1. The second kappa shape index (κ2) is 5.55. The van der Waals surface area contributed by atoms with Crippen molar-refractivity contribution in [2.24, 2.45) is 5.16 Å². The fourth-order valence-electron chi connectivity index (χ4n) is 2.78. The number of likely N-dealkylation sites (tertiary alicyclic amines) is 1. The molecule has 1 N–H and O–H groups in total. The van der Waals surface area contributed by atoms with Crippen molar-refractivity contribution in [2.45, 2.75) is 31.4 Å². The van der Waals surface area contributed by atoms with Crippen molar-refractivity contribution in [3.8, 4) is 0 Å². The van der Waals surface area contributed by atoms with Crippen LogP contribution in [0.1, 0.15) is 24.8 Å². The van der Waals surface area contributed by atoms with E-state index in [4.69, 9.17) is 9.94 Å². The van der Waals surface area contributed by atoms with Crippen LogP contribution in [0.5, 0.6) is 0 Å². The van der Waals surface area contributed by atoms with Gasteiger partial charge in [-0.25, -0.2) is 4.79 Å². The Balaban J connectivity index is 1.67. The number of carbonyl (C=O) groups excluding carboxylic acids is 1. The van der Waals surface area contributed by atoms with Gasteiger partial charge in [-0.3, -0.25) is 4.79 Å². The zero-order valence-electron chi connectivity index (χ0n) is 11.4. The summed E-state index contributed by atoms with van der Waals surface area (Å²) >= 11 is 0. The van der Waals surface area contributed by atoms with E-state index >= 15 is 0 Å². The molecule has 110 valence electrons. The molecule has 21 heavy (non-hydrogen) atoms. The lowest BCUT2D eigenvalue weighted by molar-refractivity contribution is -0.153. The molecule has 1 fully saturated rings. The van der Waals surface area contributed by atoms with E-state index < -0.39 is 18.1 Å². The molecule has 0 bridgehead atoms. The molecule has 2 atom stereocenters. The summed E-state index contributed by atoms with van der Waals surface area (Å²) in [6, 6.07) is 8.78. The van der Waals surface area contributed by atoms with Crippen LogP contribution in [0.3, 0.4) is 0 Å². The van der Waals surface area contributed by atoms with Crippen molar-refractivity contribution in [1.82, 2.24) is 4.90 Å². The molecule has 0 spiro atoms. The number of oxime groups is 1. The summed E-state index contributed by atoms with van der Waals surface area (Å²) in [5.41, 5.74) is 1.64. The SMILES string of the molecule is O=C(O)[C@H]1CCCN1C(=O)C1CC(c2ccccc2)=NO1. The molecule has 6 nitrogen and oxygen atoms in total. The fraction of sp³-hybridized carbons (Fsp3) is 0.400. The van der Waals surface area contributed by atoms with Crippen molar-refractivity contribution in [3.05, 3.63) is 35.9 Å². The summed E-state index contributed by atoms with van der Waals surface area (Å²) in [5.74, 6) is -1.24. The molecule has 1 aromatic carbocycles. The predicted molar refractivity (Wildman–Crippen MR) is 74.8 cm³/mol. The van der Waals surface area contributed by atoms with Crippen LogP contribution in [0.4, 0.5) is 0 Å². The maximum Gasteiger partial charge on any atom is 0.326 e. The van der Waals surface area contributed by atoms with Crippen LogP contribution in [-0.4, -0.2) is 46.3 Å². The zero-order valence-corrected chi connectivity index (χ0v) is 11.4. The van der Waals surface area contributed by atoms with Crippen molar-refractivity contribution in [1.29, 1.82) is 0 Å². The molecule has 6 heteroatoms. The molecule has 3 rings (SSSR count). The number of nitrogens with zero attached hydrogens (tertiary/aromatic N) is 2. The Morgan fingerprint density at radius 1 is 1.29 bits per heavy atom. The van der Waals surface area contributed by atoms with Gasteiger partial charge in [-0.2, -0.15) is 0 Å². The molecule has 0 aromatic heterocycles. The molecular weight excluding hydrogens is 272 g/mol. The highest BCUT2D eigenvalue weighted by Crippen LogP contribution is 2.23. The highest BCUT2D eigenvalue weighted by molar-refractivity contribution is 6.04. The molecule has 0 aliphatic carbocycles. The van der Waals surface area contributed by atoms with Gasteiger partial charge in [-0.15, -0.1) is 0 Å². The van der Waals surface area contributed by atoms with Gasteiger partial charge in [0.05, 0.1) is 5.71 Å². The number of hydrogen-bond donors (Lipinski definition) is 1. The number of benzene rings is 1. The van der Waals surface area contributed by atoms with Gasteiger partial charge in [-0.05, 0) is 18.4 Å². The number of rotatable bonds is 3. The van der Waals surface area contributed by atoms with Crippen LogP contribution >= 0.6 is 0 Å². The van der Waals surface area contributed by atoms with Crippen LogP contribution < -0.4 is 0 Å². The van der Waals surface area contributed by atoms with Crippen LogP contribution in [0.15, 0.2) is 35.5 Å². The molecule has 0 radical (unpaired) electrons. The van der Waals surface area contributed by atoms with E-state index in [-0.39, 0.29) is 5.91 Å². The lowest BCUT2D eigenvalue weighted by atomic mass is 10.0. The molecule has 2 heterocycles. The zero-order chi connectivity index (χ0) is 14.8. The Morgan fingerprint density at radius 2 is 2.05 bits per heavy atom. The third kappa shape index (κ3) is 2.61. The Morgan fingerprint density at radius 3 is 2.76 bits per heavy atom. The van der Waals surface area contributed by atoms with E-state index in [0.29, 0.717) is 25.8 Å². The van der Waals surface area contributed by atoms with Gasteiger partial charge < -0.3 is 14.8 Å². The summed E-state index contributed by atoms with van der Waals surface area (Å²) in [5, 5.41) is 13.1. The van der Waals surface area contributed by atoms with E-state index in [0.717, 1.165) is 11.3 Å². The lowest BCUT2D eigenvalue weighted by Crippen LogP contribution is -2.45. The molecule has 1 saturated heterocycles. The van der Waals surface area contributed by atoms with Gasteiger partial charge >= 0.3 is 5.97 Å². The monoisotopic (exact) mass is 288 g/mol.